The lowest BCUT2D eigenvalue weighted by Crippen LogP contribution is -2.59. The lowest BCUT2D eigenvalue weighted by atomic mass is 10.0. The molecule has 0 aliphatic carbocycles. The first-order valence-corrected chi connectivity index (χ1v) is 19.1. The Hall–Kier alpha value is -6.09. The number of amides is 7. The van der Waals surface area contributed by atoms with E-state index in [-0.39, 0.29) is 12.3 Å². The first kappa shape index (κ1) is 49.1. The third-order valence-corrected chi connectivity index (χ3v) is 9.21. The zero-order valence-electron chi connectivity index (χ0n) is 33.9. The van der Waals surface area contributed by atoms with Gasteiger partial charge in [-0.1, -0.05) is 59.7 Å². The minimum atomic E-state index is -1.64. The molecular weight excluding hydrogens is 774 g/mol. The van der Waals surface area contributed by atoms with Gasteiger partial charge in [0.1, 0.15) is 30.2 Å². The standard InChI is InChI=1S/C38H57N9O12/c1-18(2)30(39)36(56)41-16-28(50)46-31(19(3)4)37(57)42-15-27(49)43-24(11-12-29(51)52)33(53)44-25(13-21-14-40-23-10-8-7-9-22(21)23)34(54)45-26(17-48)35(55)47-32(20(5)6)38(58)59/h7-10,14,18-20,24-26,30-32,40,48H,11-13,15-17,39H2,1-6H3,(H,41,56)(H,42,57)(H,43,49)(H,44,53)(H,45,54)(H,46,50)(H,47,55)(H,51,52)(H,58,59)/t24-,25-,26-,30-,31-,32-/m0/s1. The number of aromatic nitrogens is 1. The number of hydrogen-bond acceptors (Lipinski definition) is 11. The van der Waals surface area contributed by atoms with Crippen LogP contribution in [0.3, 0.4) is 0 Å². The average Bonchev–Trinajstić information content (AvgIpc) is 3.58. The number of carboxylic acids is 2. The number of hydrogen-bond donors (Lipinski definition) is 12. The lowest BCUT2D eigenvalue weighted by Gasteiger charge is -2.26. The van der Waals surface area contributed by atoms with Gasteiger partial charge >= 0.3 is 11.9 Å². The second-order valence-corrected chi connectivity index (χ2v) is 15.0. The maximum Gasteiger partial charge on any atom is 0.326 e. The molecule has 0 spiro atoms. The lowest BCUT2D eigenvalue weighted by molar-refractivity contribution is -0.144. The normalized spacial score (nSPS) is 14.3. The van der Waals surface area contributed by atoms with E-state index in [1.807, 2.05) is 0 Å². The number of carboxylic acid groups (broad SMARTS) is 2. The first-order valence-electron chi connectivity index (χ1n) is 19.1. The molecule has 1 aromatic heterocycles. The number of aromatic amines is 1. The predicted molar refractivity (Wildman–Crippen MR) is 212 cm³/mol. The van der Waals surface area contributed by atoms with Crippen molar-refractivity contribution >= 4 is 64.2 Å². The minimum absolute atomic E-state index is 0.185. The van der Waals surface area contributed by atoms with Crippen LogP contribution in [-0.4, -0.2) is 130 Å². The summed E-state index contributed by atoms with van der Waals surface area (Å²) in [6.45, 7) is 7.69. The molecule has 1 heterocycles. The van der Waals surface area contributed by atoms with E-state index < -0.39 is 134 Å². The number of aliphatic carboxylic acids is 2. The van der Waals surface area contributed by atoms with Crippen LogP contribution in [0.15, 0.2) is 30.5 Å². The summed E-state index contributed by atoms with van der Waals surface area (Å²) >= 11 is 0. The molecule has 1 aromatic carbocycles. The highest BCUT2D eigenvalue weighted by Crippen LogP contribution is 2.19. The van der Waals surface area contributed by atoms with Crippen LogP contribution in [0.5, 0.6) is 0 Å². The third-order valence-electron chi connectivity index (χ3n) is 9.21. The molecule has 59 heavy (non-hydrogen) atoms. The van der Waals surface area contributed by atoms with Crippen molar-refractivity contribution in [3.05, 3.63) is 36.0 Å². The molecule has 0 aliphatic heterocycles. The Morgan fingerprint density at radius 3 is 1.75 bits per heavy atom. The molecule has 0 aliphatic rings. The summed E-state index contributed by atoms with van der Waals surface area (Å²) in [6.07, 6.45) is 0.340. The van der Waals surface area contributed by atoms with E-state index >= 15 is 0 Å². The minimum Gasteiger partial charge on any atom is -0.481 e. The van der Waals surface area contributed by atoms with Gasteiger partial charge in [0.25, 0.3) is 0 Å². The summed E-state index contributed by atoms with van der Waals surface area (Å²) in [6, 6.07) is -1.01. The summed E-state index contributed by atoms with van der Waals surface area (Å²) in [5.41, 5.74) is 7.02. The van der Waals surface area contributed by atoms with E-state index in [9.17, 15) is 58.5 Å². The van der Waals surface area contributed by atoms with Crippen molar-refractivity contribution in [1.82, 2.24) is 42.2 Å². The number of benzene rings is 1. The summed E-state index contributed by atoms with van der Waals surface area (Å²) in [5.74, 6) is -9.82. The van der Waals surface area contributed by atoms with E-state index in [0.717, 1.165) is 0 Å². The molecule has 21 nitrogen and oxygen atoms in total. The number of aliphatic hydroxyl groups excluding tert-OH is 1. The Bertz CT molecular complexity index is 1830. The van der Waals surface area contributed by atoms with Gasteiger partial charge in [-0.05, 0) is 35.8 Å². The van der Waals surface area contributed by atoms with Crippen molar-refractivity contribution in [3.63, 3.8) is 0 Å². The Labute approximate surface area is 340 Å². The number of H-pyrrole nitrogens is 1. The molecule has 21 heteroatoms. The van der Waals surface area contributed by atoms with Crippen LogP contribution in [0.4, 0.5) is 0 Å². The molecule has 0 fully saturated rings. The van der Waals surface area contributed by atoms with Gasteiger partial charge < -0.3 is 63.3 Å². The Morgan fingerprint density at radius 1 is 0.644 bits per heavy atom. The number of aliphatic hydroxyl groups is 1. The van der Waals surface area contributed by atoms with Crippen molar-refractivity contribution in [2.45, 2.75) is 97.1 Å². The predicted octanol–water partition coefficient (Wildman–Crippen LogP) is -2.40. The highest BCUT2D eigenvalue weighted by molar-refractivity contribution is 5.97. The maximum absolute atomic E-state index is 13.8. The number of para-hydroxylation sites is 1. The second kappa shape index (κ2) is 23.3. The molecule has 0 radical (unpaired) electrons. The van der Waals surface area contributed by atoms with E-state index in [2.05, 4.69) is 42.2 Å². The van der Waals surface area contributed by atoms with E-state index in [1.54, 1.807) is 72.0 Å². The van der Waals surface area contributed by atoms with Gasteiger partial charge in [-0.2, -0.15) is 0 Å². The smallest absolute Gasteiger partial charge is 0.326 e. The number of nitrogens with two attached hydrogens (primary N) is 1. The molecule has 6 atom stereocenters. The van der Waals surface area contributed by atoms with Crippen LogP contribution in [0.2, 0.25) is 0 Å². The molecule has 13 N–H and O–H groups in total. The van der Waals surface area contributed by atoms with E-state index in [1.165, 1.54) is 0 Å². The van der Waals surface area contributed by atoms with Crippen LogP contribution in [0.25, 0.3) is 10.9 Å². The van der Waals surface area contributed by atoms with Crippen LogP contribution >= 0.6 is 0 Å². The van der Waals surface area contributed by atoms with Gasteiger partial charge in [-0.15, -0.1) is 0 Å². The summed E-state index contributed by atoms with van der Waals surface area (Å²) < 4.78 is 0. The Balaban J connectivity index is 2.25. The Kier molecular flexibility index (Phi) is 19.4. The molecule has 0 saturated carbocycles. The van der Waals surface area contributed by atoms with Crippen molar-refractivity contribution in [1.29, 1.82) is 0 Å². The topological polar surface area (TPSA) is 340 Å². The molecule has 326 valence electrons. The number of rotatable bonds is 24. The van der Waals surface area contributed by atoms with Gasteiger partial charge in [0.15, 0.2) is 0 Å². The van der Waals surface area contributed by atoms with Crippen molar-refractivity contribution < 1.29 is 58.5 Å². The molecular formula is C38H57N9O12. The van der Waals surface area contributed by atoms with Gasteiger partial charge in [0.05, 0.1) is 25.7 Å². The van der Waals surface area contributed by atoms with Crippen molar-refractivity contribution in [2.75, 3.05) is 19.7 Å². The SMILES string of the molecule is CC(C)[C@H](N)C(=O)NCC(=O)N[C@H](C(=O)NCC(=O)N[C@@H](CCC(=O)O)C(=O)N[C@@H](Cc1c[nH]c2ccccc12)C(=O)N[C@@H](CO)C(=O)N[C@H](C(=O)O)C(C)C)C(C)C. The molecule has 2 rings (SSSR count). The van der Waals surface area contributed by atoms with Crippen molar-refractivity contribution in [2.24, 2.45) is 23.5 Å². The molecule has 0 saturated heterocycles. The second-order valence-electron chi connectivity index (χ2n) is 15.0. The largest absolute Gasteiger partial charge is 0.481 e. The third kappa shape index (κ3) is 15.6. The summed E-state index contributed by atoms with van der Waals surface area (Å²) in [5, 5.41) is 46.3. The number of fused-ring (bicyclic) bond motifs is 1. The fourth-order valence-electron chi connectivity index (χ4n) is 5.64. The average molecular weight is 832 g/mol. The van der Waals surface area contributed by atoms with Gasteiger partial charge in [-0.3, -0.25) is 38.4 Å². The van der Waals surface area contributed by atoms with Crippen LogP contribution in [0.1, 0.15) is 59.9 Å². The Morgan fingerprint density at radius 2 is 1.19 bits per heavy atom. The maximum atomic E-state index is 13.8. The highest BCUT2D eigenvalue weighted by atomic mass is 16.4. The van der Waals surface area contributed by atoms with Gasteiger partial charge in [-0.25, -0.2) is 4.79 Å². The first-order chi connectivity index (χ1) is 27.7. The molecule has 7 amide bonds. The molecule has 0 unspecified atom stereocenters. The fraction of sp³-hybridized carbons (Fsp3) is 0.553. The zero-order chi connectivity index (χ0) is 44.6. The van der Waals surface area contributed by atoms with E-state index in [4.69, 9.17) is 5.73 Å². The molecule has 2 aromatic rings. The monoisotopic (exact) mass is 831 g/mol. The number of carbonyl (C=O) groups is 9. The van der Waals surface area contributed by atoms with Crippen LogP contribution < -0.4 is 43.0 Å². The van der Waals surface area contributed by atoms with E-state index in [0.29, 0.717) is 16.5 Å². The quantitative estimate of drug-likeness (QED) is 0.0526. The number of carbonyl (C=O) groups excluding carboxylic acids is 7. The van der Waals surface area contributed by atoms with Gasteiger partial charge in [0, 0.05) is 29.9 Å². The van der Waals surface area contributed by atoms with Crippen molar-refractivity contribution in [3.8, 4) is 0 Å². The highest BCUT2D eigenvalue weighted by Gasteiger charge is 2.33. The van der Waals surface area contributed by atoms with Crippen LogP contribution in [0, 0.1) is 17.8 Å². The van der Waals surface area contributed by atoms with Crippen LogP contribution in [-0.2, 0) is 49.6 Å². The molecule has 0 bridgehead atoms. The summed E-state index contributed by atoms with van der Waals surface area (Å²) in [7, 11) is 0. The zero-order valence-corrected chi connectivity index (χ0v) is 33.9. The fourth-order valence-corrected chi connectivity index (χ4v) is 5.64. The number of nitrogens with one attached hydrogen (secondary N) is 8. The summed E-state index contributed by atoms with van der Waals surface area (Å²) in [4.78, 5) is 118. The van der Waals surface area contributed by atoms with Gasteiger partial charge in [0.2, 0.25) is 41.4 Å².